The number of aryl methyl sites for hydroxylation is 1. The standard InChI is InChI=1S/C12H15NO2/c1-4-6-10(5-2)13-12(14)11-9(3)7-8-15-11/h1,7-8,10H,5-6H2,2-3H3,(H,13,14). The number of furan rings is 1. The van der Waals surface area contributed by atoms with Crippen molar-refractivity contribution in [1.29, 1.82) is 0 Å². The first-order chi connectivity index (χ1) is 7.19. The minimum Gasteiger partial charge on any atom is -0.459 e. The lowest BCUT2D eigenvalue weighted by Gasteiger charge is -2.13. The highest BCUT2D eigenvalue weighted by Gasteiger charge is 2.15. The number of carbonyl (C=O) groups is 1. The Labute approximate surface area is 89.9 Å². The molecule has 0 aromatic carbocycles. The van der Waals surface area contributed by atoms with Gasteiger partial charge in [-0.1, -0.05) is 6.92 Å². The van der Waals surface area contributed by atoms with Crippen LogP contribution in [-0.2, 0) is 0 Å². The predicted molar refractivity (Wildman–Crippen MR) is 58.4 cm³/mol. The van der Waals surface area contributed by atoms with E-state index in [1.165, 1.54) is 6.26 Å². The normalized spacial score (nSPS) is 11.8. The predicted octanol–water partition coefficient (Wildman–Crippen LogP) is 2.12. The second kappa shape index (κ2) is 5.26. The van der Waals surface area contributed by atoms with Crippen LogP contribution in [0, 0.1) is 19.3 Å². The van der Waals surface area contributed by atoms with Gasteiger partial charge in [0.1, 0.15) is 0 Å². The summed E-state index contributed by atoms with van der Waals surface area (Å²) in [4.78, 5) is 11.7. The van der Waals surface area contributed by atoms with E-state index in [0.29, 0.717) is 12.2 Å². The topological polar surface area (TPSA) is 42.2 Å². The van der Waals surface area contributed by atoms with Crippen molar-refractivity contribution in [3.05, 3.63) is 23.7 Å². The lowest BCUT2D eigenvalue weighted by molar-refractivity contribution is 0.0908. The third kappa shape index (κ3) is 2.88. The first kappa shape index (κ1) is 11.4. The Morgan fingerprint density at radius 2 is 2.47 bits per heavy atom. The van der Waals surface area contributed by atoms with Gasteiger partial charge in [-0.15, -0.1) is 12.3 Å². The van der Waals surface area contributed by atoms with Crippen molar-refractivity contribution < 1.29 is 9.21 Å². The molecule has 1 heterocycles. The highest BCUT2D eigenvalue weighted by atomic mass is 16.3. The maximum absolute atomic E-state index is 11.7. The monoisotopic (exact) mass is 205 g/mol. The van der Waals surface area contributed by atoms with Crippen molar-refractivity contribution >= 4 is 5.91 Å². The molecule has 0 aliphatic rings. The smallest absolute Gasteiger partial charge is 0.287 e. The molecule has 80 valence electrons. The molecule has 1 aromatic rings. The molecule has 1 atom stereocenters. The lowest BCUT2D eigenvalue weighted by atomic mass is 10.1. The number of terminal acetylenes is 1. The molecule has 1 N–H and O–H groups in total. The lowest BCUT2D eigenvalue weighted by Crippen LogP contribution is -2.34. The summed E-state index contributed by atoms with van der Waals surface area (Å²) >= 11 is 0. The van der Waals surface area contributed by atoms with E-state index in [0.717, 1.165) is 12.0 Å². The molecule has 3 heteroatoms. The molecule has 0 aliphatic heterocycles. The van der Waals surface area contributed by atoms with Crippen molar-refractivity contribution in [2.24, 2.45) is 0 Å². The maximum atomic E-state index is 11.7. The minimum atomic E-state index is -0.195. The Bertz CT molecular complexity index is 373. The SMILES string of the molecule is C#CCC(CC)NC(=O)c1occc1C. The van der Waals surface area contributed by atoms with Crippen molar-refractivity contribution in [2.75, 3.05) is 0 Å². The van der Waals surface area contributed by atoms with Gasteiger partial charge in [0.05, 0.1) is 6.26 Å². The van der Waals surface area contributed by atoms with Crippen LogP contribution in [0.25, 0.3) is 0 Å². The average Bonchev–Trinajstić information content (AvgIpc) is 2.63. The molecule has 1 unspecified atom stereocenters. The van der Waals surface area contributed by atoms with Gasteiger partial charge < -0.3 is 9.73 Å². The molecular weight excluding hydrogens is 190 g/mol. The summed E-state index contributed by atoms with van der Waals surface area (Å²) in [6.07, 6.45) is 8.07. The van der Waals surface area contributed by atoms with E-state index in [1.807, 2.05) is 13.8 Å². The van der Waals surface area contributed by atoms with Gasteiger partial charge in [0, 0.05) is 18.0 Å². The van der Waals surface area contributed by atoms with Gasteiger partial charge in [0.2, 0.25) is 0 Å². The van der Waals surface area contributed by atoms with E-state index in [1.54, 1.807) is 6.07 Å². The number of carbonyl (C=O) groups excluding carboxylic acids is 1. The zero-order chi connectivity index (χ0) is 11.3. The summed E-state index contributed by atoms with van der Waals surface area (Å²) < 4.78 is 5.09. The second-order valence-electron chi connectivity index (χ2n) is 3.42. The number of hydrogen-bond donors (Lipinski definition) is 1. The highest BCUT2D eigenvalue weighted by molar-refractivity contribution is 5.92. The van der Waals surface area contributed by atoms with Crippen molar-refractivity contribution in [1.82, 2.24) is 5.32 Å². The summed E-state index contributed by atoms with van der Waals surface area (Å²) in [7, 11) is 0. The fourth-order valence-electron chi connectivity index (χ4n) is 1.30. The van der Waals surface area contributed by atoms with E-state index in [2.05, 4.69) is 11.2 Å². The van der Waals surface area contributed by atoms with Crippen LogP contribution in [0.5, 0.6) is 0 Å². The first-order valence-electron chi connectivity index (χ1n) is 4.97. The van der Waals surface area contributed by atoms with E-state index in [-0.39, 0.29) is 11.9 Å². The number of hydrogen-bond acceptors (Lipinski definition) is 2. The molecule has 1 amide bonds. The summed E-state index contributed by atoms with van der Waals surface area (Å²) in [5.41, 5.74) is 0.836. The number of amides is 1. The quantitative estimate of drug-likeness (QED) is 0.765. The van der Waals surface area contributed by atoms with Crippen LogP contribution < -0.4 is 5.32 Å². The van der Waals surface area contributed by atoms with Crippen LogP contribution in [0.3, 0.4) is 0 Å². The Morgan fingerprint density at radius 1 is 1.73 bits per heavy atom. The summed E-state index contributed by atoms with van der Waals surface area (Å²) in [6.45, 7) is 3.82. The molecule has 0 saturated heterocycles. The second-order valence-corrected chi connectivity index (χ2v) is 3.42. The molecule has 1 rings (SSSR count). The van der Waals surface area contributed by atoms with Crippen LogP contribution in [-0.4, -0.2) is 11.9 Å². The Hall–Kier alpha value is -1.69. The molecule has 0 saturated carbocycles. The fraction of sp³-hybridized carbons (Fsp3) is 0.417. The molecule has 15 heavy (non-hydrogen) atoms. The van der Waals surface area contributed by atoms with Gasteiger partial charge in [0.25, 0.3) is 5.91 Å². The molecule has 0 fully saturated rings. The number of rotatable bonds is 4. The molecule has 1 aromatic heterocycles. The minimum absolute atomic E-state index is 0.0204. The molecule has 0 radical (unpaired) electrons. The summed E-state index contributed by atoms with van der Waals surface area (Å²) in [5, 5.41) is 2.84. The maximum Gasteiger partial charge on any atom is 0.287 e. The average molecular weight is 205 g/mol. The van der Waals surface area contributed by atoms with E-state index >= 15 is 0 Å². The Kier molecular flexibility index (Phi) is 3.99. The van der Waals surface area contributed by atoms with Gasteiger partial charge in [-0.25, -0.2) is 0 Å². The summed E-state index contributed by atoms with van der Waals surface area (Å²) in [6, 6.07) is 1.78. The Morgan fingerprint density at radius 3 is 2.93 bits per heavy atom. The van der Waals surface area contributed by atoms with E-state index in [4.69, 9.17) is 10.8 Å². The molecule has 0 aliphatic carbocycles. The van der Waals surface area contributed by atoms with Crippen LogP contribution >= 0.6 is 0 Å². The molecule has 0 spiro atoms. The van der Waals surface area contributed by atoms with E-state index < -0.39 is 0 Å². The molecule has 3 nitrogen and oxygen atoms in total. The van der Waals surface area contributed by atoms with Gasteiger partial charge in [-0.05, 0) is 19.4 Å². The third-order valence-corrected chi connectivity index (χ3v) is 2.26. The van der Waals surface area contributed by atoms with Gasteiger partial charge in [0.15, 0.2) is 5.76 Å². The summed E-state index contributed by atoms with van der Waals surface area (Å²) in [5.74, 6) is 2.71. The number of nitrogens with one attached hydrogen (secondary N) is 1. The first-order valence-corrected chi connectivity index (χ1v) is 4.97. The third-order valence-electron chi connectivity index (χ3n) is 2.26. The van der Waals surface area contributed by atoms with Crippen LogP contribution in [0.4, 0.5) is 0 Å². The Balaban J connectivity index is 2.63. The van der Waals surface area contributed by atoms with Gasteiger partial charge in [-0.3, -0.25) is 4.79 Å². The zero-order valence-electron chi connectivity index (χ0n) is 9.04. The highest BCUT2D eigenvalue weighted by Crippen LogP contribution is 2.09. The van der Waals surface area contributed by atoms with E-state index in [9.17, 15) is 4.79 Å². The van der Waals surface area contributed by atoms with Crippen molar-refractivity contribution in [2.45, 2.75) is 32.7 Å². The van der Waals surface area contributed by atoms with Crippen molar-refractivity contribution in [3.63, 3.8) is 0 Å². The van der Waals surface area contributed by atoms with Crippen LogP contribution in [0.15, 0.2) is 16.7 Å². The zero-order valence-corrected chi connectivity index (χ0v) is 9.04. The fourth-order valence-corrected chi connectivity index (χ4v) is 1.30. The largest absolute Gasteiger partial charge is 0.459 e. The van der Waals surface area contributed by atoms with Crippen molar-refractivity contribution in [3.8, 4) is 12.3 Å². The van der Waals surface area contributed by atoms with Crippen LogP contribution in [0.2, 0.25) is 0 Å². The molecular formula is C12H15NO2. The molecule has 0 bridgehead atoms. The van der Waals surface area contributed by atoms with Gasteiger partial charge >= 0.3 is 0 Å². The van der Waals surface area contributed by atoms with Crippen LogP contribution in [0.1, 0.15) is 35.9 Å². The van der Waals surface area contributed by atoms with Gasteiger partial charge in [-0.2, -0.15) is 0 Å².